The normalized spacial score (nSPS) is 10.4. The first-order valence-corrected chi connectivity index (χ1v) is 8.18. The Hall–Kier alpha value is -2.83. The molecule has 0 atom stereocenters. The third-order valence-corrected chi connectivity index (χ3v) is 4.08. The molecule has 2 N–H and O–H groups in total. The molecule has 134 valence electrons. The predicted octanol–water partition coefficient (Wildman–Crippen LogP) is 2.31. The fourth-order valence-corrected chi connectivity index (χ4v) is 2.59. The van der Waals surface area contributed by atoms with E-state index < -0.39 is 0 Å². The maximum absolute atomic E-state index is 12.0. The van der Waals surface area contributed by atoms with E-state index in [4.69, 9.17) is 0 Å². The Morgan fingerprint density at radius 1 is 1.12 bits per heavy atom. The first-order valence-electron chi connectivity index (χ1n) is 8.18. The van der Waals surface area contributed by atoms with Crippen LogP contribution < -0.4 is 10.6 Å². The number of carbonyl (C=O) groups is 2. The van der Waals surface area contributed by atoms with Crippen molar-refractivity contribution < 1.29 is 14.3 Å². The zero-order chi connectivity index (χ0) is 18.4. The summed E-state index contributed by atoms with van der Waals surface area (Å²) in [5.41, 5.74) is 4.42. The molecule has 0 radical (unpaired) electrons. The topological polar surface area (TPSA) is 85.3 Å². The number of urea groups is 1. The number of nitrogens with one attached hydrogen (secondary N) is 2. The van der Waals surface area contributed by atoms with E-state index in [9.17, 15) is 9.59 Å². The molecule has 25 heavy (non-hydrogen) atoms. The van der Waals surface area contributed by atoms with Crippen LogP contribution in [-0.2, 0) is 24.4 Å². The van der Waals surface area contributed by atoms with Crippen LogP contribution >= 0.6 is 0 Å². The Labute approximate surface area is 147 Å². The van der Waals surface area contributed by atoms with Crippen molar-refractivity contribution >= 4 is 12.0 Å². The van der Waals surface area contributed by atoms with Crippen LogP contribution in [0.15, 0.2) is 24.3 Å². The highest BCUT2D eigenvalue weighted by molar-refractivity contribution is 5.89. The van der Waals surface area contributed by atoms with Crippen molar-refractivity contribution in [3.63, 3.8) is 0 Å². The predicted molar refractivity (Wildman–Crippen MR) is 94.2 cm³/mol. The summed E-state index contributed by atoms with van der Waals surface area (Å²) in [6.45, 7) is 7.59. The van der Waals surface area contributed by atoms with E-state index >= 15 is 0 Å². The van der Waals surface area contributed by atoms with E-state index in [-0.39, 0.29) is 12.0 Å². The molecule has 1 aromatic heterocycles. The van der Waals surface area contributed by atoms with Crippen LogP contribution in [0.1, 0.15) is 39.8 Å². The average molecular weight is 344 g/mol. The molecule has 0 bridgehead atoms. The Balaban J connectivity index is 1.85. The van der Waals surface area contributed by atoms with Gasteiger partial charge in [-0.25, -0.2) is 9.59 Å². The van der Waals surface area contributed by atoms with Gasteiger partial charge >= 0.3 is 12.0 Å². The smallest absolute Gasteiger partial charge is 0.337 e. The number of benzene rings is 1. The van der Waals surface area contributed by atoms with Crippen molar-refractivity contribution in [2.45, 2.75) is 40.4 Å². The van der Waals surface area contributed by atoms with E-state index in [0.717, 1.165) is 29.1 Å². The van der Waals surface area contributed by atoms with E-state index in [0.29, 0.717) is 18.7 Å². The minimum absolute atomic E-state index is 0.250. The van der Waals surface area contributed by atoms with Crippen LogP contribution in [0.2, 0.25) is 0 Å². The summed E-state index contributed by atoms with van der Waals surface area (Å²) in [6.07, 6.45) is 0. The highest BCUT2D eigenvalue weighted by Crippen LogP contribution is 2.12. The molecule has 0 fully saturated rings. The molecule has 0 spiro atoms. The number of hydrogen-bond donors (Lipinski definition) is 2. The number of methoxy groups -OCH3 is 1. The SMILES string of the molecule is CCn1nc(C)c(CNC(=O)NCc2ccc(C(=O)OC)cc2)c1C. The molecule has 7 nitrogen and oxygen atoms in total. The summed E-state index contributed by atoms with van der Waals surface area (Å²) >= 11 is 0. The second-order valence-electron chi connectivity index (χ2n) is 5.69. The number of esters is 1. The molecular weight excluding hydrogens is 320 g/mol. The van der Waals surface area contributed by atoms with Crippen molar-refractivity contribution in [3.05, 3.63) is 52.3 Å². The molecule has 0 saturated carbocycles. The fraction of sp³-hybridized carbons (Fsp3) is 0.389. The molecule has 2 amide bonds. The van der Waals surface area contributed by atoms with Crippen molar-refractivity contribution in [3.8, 4) is 0 Å². The van der Waals surface area contributed by atoms with E-state index in [2.05, 4.69) is 20.5 Å². The van der Waals surface area contributed by atoms with Gasteiger partial charge < -0.3 is 15.4 Å². The van der Waals surface area contributed by atoms with Crippen molar-refractivity contribution in [2.75, 3.05) is 7.11 Å². The number of ether oxygens (including phenoxy) is 1. The largest absolute Gasteiger partial charge is 0.465 e. The van der Waals surface area contributed by atoms with Gasteiger partial charge in [0.2, 0.25) is 0 Å². The van der Waals surface area contributed by atoms with Crippen LogP contribution in [0.3, 0.4) is 0 Å². The summed E-state index contributed by atoms with van der Waals surface area (Å²) in [4.78, 5) is 23.4. The van der Waals surface area contributed by atoms with Crippen molar-refractivity contribution in [1.82, 2.24) is 20.4 Å². The zero-order valence-corrected chi connectivity index (χ0v) is 15.0. The van der Waals surface area contributed by atoms with Gasteiger partial charge in [0.15, 0.2) is 0 Å². The van der Waals surface area contributed by atoms with Gasteiger partial charge in [-0.2, -0.15) is 5.10 Å². The van der Waals surface area contributed by atoms with E-state index in [1.807, 2.05) is 25.5 Å². The maximum Gasteiger partial charge on any atom is 0.337 e. The molecule has 2 rings (SSSR count). The minimum Gasteiger partial charge on any atom is -0.465 e. The van der Waals surface area contributed by atoms with Gasteiger partial charge in [0, 0.05) is 30.9 Å². The summed E-state index contributed by atoms with van der Waals surface area (Å²) in [6, 6.07) is 6.66. The molecule has 1 aromatic carbocycles. The van der Waals surface area contributed by atoms with Crippen LogP contribution in [-0.4, -0.2) is 28.9 Å². The first kappa shape index (κ1) is 18.5. The number of aryl methyl sites for hydroxylation is 2. The number of rotatable bonds is 6. The maximum atomic E-state index is 12.0. The Bertz CT molecular complexity index is 750. The Kier molecular flexibility index (Phi) is 6.16. The summed E-state index contributed by atoms with van der Waals surface area (Å²) < 4.78 is 6.58. The number of carbonyl (C=O) groups excluding carboxylic acids is 2. The van der Waals surface area contributed by atoms with Crippen molar-refractivity contribution in [2.24, 2.45) is 0 Å². The molecule has 0 aliphatic rings. The molecular formula is C18H24N4O3. The van der Waals surface area contributed by atoms with Crippen LogP contribution in [0.5, 0.6) is 0 Å². The number of hydrogen-bond acceptors (Lipinski definition) is 4. The Morgan fingerprint density at radius 3 is 2.32 bits per heavy atom. The molecule has 0 saturated heterocycles. The molecule has 0 aliphatic heterocycles. The third kappa shape index (κ3) is 4.59. The molecule has 1 heterocycles. The highest BCUT2D eigenvalue weighted by atomic mass is 16.5. The lowest BCUT2D eigenvalue weighted by molar-refractivity contribution is 0.0600. The third-order valence-electron chi connectivity index (χ3n) is 4.08. The summed E-state index contributed by atoms with van der Waals surface area (Å²) in [5, 5.41) is 10.1. The van der Waals surface area contributed by atoms with Gasteiger partial charge in [-0.1, -0.05) is 12.1 Å². The summed E-state index contributed by atoms with van der Waals surface area (Å²) in [5.74, 6) is -0.379. The molecule has 7 heteroatoms. The Morgan fingerprint density at radius 2 is 1.76 bits per heavy atom. The monoisotopic (exact) mass is 344 g/mol. The van der Waals surface area contributed by atoms with Gasteiger partial charge in [-0.15, -0.1) is 0 Å². The minimum atomic E-state index is -0.379. The quantitative estimate of drug-likeness (QED) is 0.788. The van der Waals surface area contributed by atoms with E-state index in [1.54, 1.807) is 24.3 Å². The van der Waals surface area contributed by atoms with Crippen LogP contribution in [0, 0.1) is 13.8 Å². The molecule has 0 unspecified atom stereocenters. The first-order chi connectivity index (χ1) is 12.0. The highest BCUT2D eigenvalue weighted by Gasteiger charge is 2.11. The van der Waals surface area contributed by atoms with E-state index in [1.165, 1.54) is 7.11 Å². The van der Waals surface area contributed by atoms with Gasteiger partial charge in [0.05, 0.1) is 18.4 Å². The lowest BCUT2D eigenvalue weighted by Gasteiger charge is -2.09. The lowest BCUT2D eigenvalue weighted by atomic mass is 10.1. The number of nitrogens with zero attached hydrogens (tertiary/aromatic N) is 2. The lowest BCUT2D eigenvalue weighted by Crippen LogP contribution is -2.34. The van der Waals surface area contributed by atoms with Crippen LogP contribution in [0.4, 0.5) is 4.79 Å². The number of aromatic nitrogens is 2. The van der Waals surface area contributed by atoms with Gasteiger partial charge in [-0.05, 0) is 38.5 Å². The molecule has 0 aliphatic carbocycles. The second-order valence-corrected chi connectivity index (χ2v) is 5.69. The molecule has 2 aromatic rings. The van der Waals surface area contributed by atoms with Crippen molar-refractivity contribution in [1.29, 1.82) is 0 Å². The summed E-state index contributed by atoms with van der Waals surface area (Å²) in [7, 11) is 1.34. The number of amides is 2. The fourth-order valence-electron chi connectivity index (χ4n) is 2.59. The van der Waals surface area contributed by atoms with Gasteiger partial charge in [0.25, 0.3) is 0 Å². The van der Waals surface area contributed by atoms with Gasteiger partial charge in [0.1, 0.15) is 0 Å². The van der Waals surface area contributed by atoms with Crippen LogP contribution in [0.25, 0.3) is 0 Å². The van der Waals surface area contributed by atoms with Gasteiger partial charge in [-0.3, -0.25) is 4.68 Å². The zero-order valence-electron chi connectivity index (χ0n) is 15.0. The standard InChI is InChI=1S/C18H24N4O3/c1-5-22-13(3)16(12(2)21-22)11-20-18(24)19-10-14-6-8-15(9-7-14)17(23)25-4/h6-9H,5,10-11H2,1-4H3,(H2,19,20,24). The second kappa shape index (κ2) is 8.32. The average Bonchev–Trinajstić information content (AvgIpc) is 2.91.